The first-order valence-electron chi connectivity index (χ1n) is 7.54. The molecular weight excluding hydrogens is 316 g/mol. The smallest absolute Gasteiger partial charge is 0.248 e. The summed E-state index contributed by atoms with van der Waals surface area (Å²) >= 11 is 0. The summed E-state index contributed by atoms with van der Waals surface area (Å²) in [4.78, 5) is 25.2. The zero-order chi connectivity index (χ0) is 16.2. The molecular formula is C16H25ClN4O2. The summed E-state index contributed by atoms with van der Waals surface area (Å²) in [5.41, 5.74) is 12.2. The van der Waals surface area contributed by atoms with Crippen LogP contribution in [0.1, 0.15) is 30.1 Å². The Morgan fingerprint density at radius 1 is 1.30 bits per heavy atom. The molecule has 1 unspecified atom stereocenters. The molecule has 1 aliphatic heterocycles. The van der Waals surface area contributed by atoms with Gasteiger partial charge < -0.3 is 21.7 Å². The van der Waals surface area contributed by atoms with E-state index in [9.17, 15) is 9.59 Å². The Kier molecular flexibility index (Phi) is 7.00. The van der Waals surface area contributed by atoms with Crippen molar-refractivity contribution >= 4 is 29.9 Å². The van der Waals surface area contributed by atoms with Crippen molar-refractivity contribution in [2.24, 2.45) is 16.9 Å². The van der Waals surface area contributed by atoms with Crippen LogP contribution in [0.5, 0.6) is 0 Å². The molecule has 5 N–H and O–H groups in total. The number of rotatable bonds is 6. The SMILES string of the molecule is CC1(CN)CCN(CCC(=O)Nc2ccc(C(N)=O)cc2)C1.Cl. The highest BCUT2D eigenvalue weighted by Crippen LogP contribution is 2.28. The van der Waals surface area contributed by atoms with Crippen LogP contribution in [-0.4, -0.2) is 42.9 Å². The maximum atomic E-state index is 12.0. The monoisotopic (exact) mass is 340 g/mol. The van der Waals surface area contributed by atoms with Crippen molar-refractivity contribution in [3.63, 3.8) is 0 Å². The number of benzene rings is 1. The molecule has 6 nitrogen and oxygen atoms in total. The summed E-state index contributed by atoms with van der Waals surface area (Å²) < 4.78 is 0. The molecule has 1 aliphatic rings. The minimum atomic E-state index is -0.477. The fraction of sp³-hybridized carbons (Fsp3) is 0.500. The van der Waals surface area contributed by atoms with Crippen LogP contribution in [0.4, 0.5) is 5.69 Å². The molecule has 7 heteroatoms. The van der Waals surface area contributed by atoms with E-state index >= 15 is 0 Å². The number of hydrogen-bond donors (Lipinski definition) is 3. The highest BCUT2D eigenvalue weighted by Gasteiger charge is 2.32. The van der Waals surface area contributed by atoms with Gasteiger partial charge in [0.2, 0.25) is 11.8 Å². The van der Waals surface area contributed by atoms with Gasteiger partial charge in [-0.1, -0.05) is 6.92 Å². The van der Waals surface area contributed by atoms with E-state index in [2.05, 4.69) is 17.1 Å². The lowest BCUT2D eigenvalue weighted by molar-refractivity contribution is -0.116. The van der Waals surface area contributed by atoms with Gasteiger partial charge >= 0.3 is 0 Å². The van der Waals surface area contributed by atoms with Gasteiger partial charge in [-0.25, -0.2) is 0 Å². The van der Waals surface area contributed by atoms with Crippen LogP contribution < -0.4 is 16.8 Å². The van der Waals surface area contributed by atoms with E-state index in [4.69, 9.17) is 11.5 Å². The van der Waals surface area contributed by atoms with Crippen molar-refractivity contribution in [3.05, 3.63) is 29.8 Å². The molecule has 2 rings (SSSR count). The Labute approximate surface area is 143 Å². The largest absolute Gasteiger partial charge is 0.366 e. The number of primary amides is 1. The predicted molar refractivity (Wildman–Crippen MR) is 93.7 cm³/mol. The summed E-state index contributed by atoms with van der Waals surface area (Å²) in [7, 11) is 0. The molecule has 128 valence electrons. The van der Waals surface area contributed by atoms with Crippen molar-refractivity contribution in [2.45, 2.75) is 19.8 Å². The van der Waals surface area contributed by atoms with E-state index < -0.39 is 5.91 Å². The molecule has 2 amide bonds. The third kappa shape index (κ3) is 5.49. The average molecular weight is 341 g/mol. The number of halogens is 1. The number of likely N-dealkylation sites (tertiary alicyclic amines) is 1. The number of hydrogen-bond acceptors (Lipinski definition) is 4. The fourth-order valence-corrected chi connectivity index (χ4v) is 2.68. The highest BCUT2D eigenvalue weighted by molar-refractivity contribution is 5.94. The first-order chi connectivity index (χ1) is 10.4. The van der Waals surface area contributed by atoms with Gasteiger partial charge in [0.1, 0.15) is 0 Å². The lowest BCUT2D eigenvalue weighted by atomic mass is 9.90. The van der Waals surface area contributed by atoms with Crippen LogP contribution in [-0.2, 0) is 4.79 Å². The molecule has 1 saturated heterocycles. The summed E-state index contributed by atoms with van der Waals surface area (Å²) in [5, 5.41) is 2.82. The first-order valence-corrected chi connectivity index (χ1v) is 7.54. The highest BCUT2D eigenvalue weighted by atomic mass is 35.5. The second kappa shape index (κ2) is 8.29. The summed E-state index contributed by atoms with van der Waals surface area (Å²) in [6.45, 7) is 5.55. The molecule has 1 fully saturated rings. The molecule has 0 aliphatic carbocycles. The lowest BCUT2D eigenvalue weighted by Gasteiger charge is -2.22. The Bertz CT molecular complexity index is 550. The van der Waals surface area contributed by atoms with E-state index in [1.54, 1.807) is 24.3 Å². The summed E-state index contributed by atoms with van der Waals surface area (Å²) in [5.74, 6) is -0.511. The number of carbonyl (C=O) groups is 2. The number of nitrogens with zero attached hydrogens (tertiary/aromatic N) is 1. The van der Waals surface area contributed by atoms with E-state index in [0.717, 1.165) is 26.1 Å². The lowest BCUT2D eigenvalue weighted by Crippen LogP contribution is -2.32. The first kappa shape index (κ1) is 19.4. The molecule has 1 aromatic carbocycles. The van der Waals surface area contributed by atoms with Crippen molar-refractivity contribution < 1.29 is 9.59 Å². The zero-order valence-electron chi connectivity index (χ0n) is 13.4. The third-order valence-corrected chi connectivity index (χ3v) is 4.24. The Hall–Kier alpha value is -1.63. The van der Waals surface area contributed by atoms with E-state index in [0.29, 0.717) is 24.2 Å². The number of nitrogens with one attached hydrogen (secondary N) is 1. The number of anilines is 1. The molecule has 1 heterocycles. The van der Waals surface area contributed by atoms with Crippen molar-refractivity contribution in [1.29, 1.82) is 0 Å². The van der Waals surface area contributed by atoms with Gasteiger partial charge in [-0.05, 0) is 49.2 Å². The van der Waals surface area contributed by atoms with Crippen LogP contribution in [0.2, 0.25) is 0 Å². The normalized spacial score (nSPS) is 20.8. The quantitative estimate of drug-likeness (QED) is 0.724. The molecule has 0 bridgehead atoms. The fourth-order valence-electron chi connectivity index (χ4n) is 2.68. The Morgan fingerprint density at radius 3 is 2.48 bits per heavy atom. The second-order valence-electron chi connectivity index (χ2n) is 6.28. The van der Waals surface area contributed by atoms with Crippen LogP contribution in [0.3, 0.4) is 0 Å². The summed E-state index contributed by atoms with van der Waals surface area (Å²) in [6.07, 6.45) is 1.53. The van der Waals surface area contributed by atoms with Gasteiger partial charge in [-0.15, -0.1) is 12.4 Å². The molecule has 0 aromatic heterocycles. The van der Waals surface area contributed by atoms with Gasteiger partial charge in [0.15, 0.2) is 0 Å². The predicted octanol–water partition coefficient (Wildman–Crippen LogP) is 1.21. The van der Waals surface area contributed by atoms with Crippen molar-refractivity contribution in [2.75, 3.05) is 31.5 Å². The standard InChI is InChI=1S/C16H24N4O2.ClH/c1-16(10-17)7-9-20(11-16)8-6-14(21)19-13-4-2-12(3-5-13)15(18)22;/h2-5H,6-11,17H2,1H3,(H2,18,22)(H,19,21);1H. The minimum absolute atomic E-state index is 0. The van der Waals surface area contributed by atoms with Gasteiger partial charge in [0, 0.05) is 30.8 Å². The zero-order valence-corrected chi connectivity index (χ0v) is 14.2. The number of carbonyl (C=O) groups excluding carboxylic acids is 2. The molecule has 23 heavy (non-hydrogen) atoms. The molecule has 1 atom stereocenters. The van der Waals surface area contributed by atoms with E-state index in [1.165, 1.54) is 0 Å². The van der Waals surface area contributed by atoms with E-state index in [-0.39, 0.29) is 23.7 Å². The molecule has 0 radical (unpaired) electrons. The summed E-state index contributed by atoms with van der Waals surface area (Å²) in [6, 6.07) is 6.56. The maximum absolute atomic E-state index is 12.0. The van der Waals surface area contributed by atoms with Crippen LogP contribution in [0.15, 0.2) is 24.3 Å². The Morgan fingerprint density at radius 2 is 1.96 bits per heavy atom. The van der Waals surface area contributed by atoms with Crippen molar-refractivity contribution in [1.82, 2.24) is 4.90 Å². The minimum Gasteiger partial charge on any atom is -0.366 e. The van der Waals surface area contributed by atoms with E-state index in [1.807, 2.05) is 0 Å². The van der Waals surface area contributed by atoms with Gasteiger partial charge in [-0.2, -0.15) is 0 Å². The molecule has 0 saturated carbocycles. The van der Waals surface area contributed by atoms with Gasteiger partial charge in [-0.3, -0.25) is 9.59 Å². The topological polar surface area (TPSA) is 101 Å². The van der Waals surface area contributed by atoms with Crippen LogP contribution in [0, 0.1) is 5.41 Å². The Balaban J connectivity index is 0.00000264. The van der Waals surface area contributed by atoms with Crippen LogP contribution in [0.25, 0.3) is 0 Å². The van der Waals surface area contributed by atoms with Gasteiger partial charge in [0.25, 0.3) is 0 Å². The number of amides is 2. The number of nitrogens with two attached hydrogens (primary N) is 2. The average Bonchev–Trinajstić information content (AvgIpc) is 2.88. The van der Waals surface area contributed by atoms with Crippen LogP contribution >= 0.6 is 12.4 Å². The maximum Gasteiger partial charge on any atom is 0.248 e. The third-order valence-electron chi connectivity index (χ3n) is 4.24. The van der Waals surface area contributed by atoms with Crippen molar-refractivity contribution in [3.8, 4) is 0 Å². The van der Waals surface area contributed by atoms with Gasteiger partial charge in [0.05, 0.1) is 0 Å². The molecule has 0 spiro atoms. The molecule has 1 aromatic rings. The second-order valence-corrected chi connectivity index (χ2v) is 6.28.